The Bertz CT molecular complexity index is 865. The maximum absolute atomic E-state index is 12.7. The fourth-order valence-corrected chi connectivity index (χ4v) is 3.43. The summed E-state index contributed by atoms with van der Waals surface area (Å²) in [6.07, 6.45) is 2.51. The number of nitrogens with zero attached hydrogens (tertiary/aromatic N) is 3. The maximum atomic E-state index is 12.7. The van der Waals surface area contributed by atoms with Gasteiger partial charge in [0.05, 0.1) is 0 Å². The molecule has 0 unspecified atom stereocenters. The standard InChI is InChI=1S/C20H22N4O2/c1-14-7-8-16-5-3-10-24(19(16)22-14)20(26)21-13-15-4-2-6-17(12-15)23-11-9-18(23)25/h2,4,6-8,12H,3,5,9-11,13H2,1H3,(H,21,26). The molecule has 1 N–H and O–H groups in total. The van der Waals surface area contributed by atoms with Crippen molar-refractivity contribution in [2.24, 2.45) is 0 Å². The summed E-state index contributed by atoms with van der Waals surface area (Å²) in [5.41, 5.74) is 3.91. The van der Waals surface area contributed by atoms with Gasteiger partial charge in [-0.2, -0.15) is 0 Å². The highest BCUT2D eigenvalue weighted by atomic mass is 16.2. The number of rotatable bonds is 3. The molecule has 0 aliphatic carbocycles. The number of benzene rings is 1. The minimum absolute atomic E-state index is 0.130. The molecule has 0 radical (unpaired) electrons. The van der Waals surface area contributed by atoms with Gasteiger partial charge >= 0.3 is 6.03 Å². The maximum Gasteiger partial charge on any atom is 0.323 e. The highest BCUT2D eigenvalue weighted by Gasteiger charge is 2.26. The van der Waals surface area contributed by atoms with E-state index in [9.17, 15) is 9.59 Å². The quantitative estimate of drug-likeness (QED) is 0.866. The largest absolute Gasteiger partial charge is 0.334 e. The Kier molecular flexibility index (Phi) is 4.32. The lowest BCUT2D eigenvalue weighted by Crippen LogP contribution is -2.44. The number of anilines is 2. The van der Waals surface area contributed by atoms with E-state index in [0.717, 1.165) is 47.7 Å². The summed E-state index contributed by atoms with van der Waals surface area (Å²) in [6.45, 7) is 3.81. The van der Waals surface area contributed by atoms with Gasteiger partial charge in [-0.25, -0.2) is 9.78 Å². The molecule has 4 rings (SSSR count). The van der Waals surface area contributed by atoms with E-state index in [1.165, 1.54) is 0 Å². The van der Waals surface area contributed by atoms with Crippen LogP contribution in [0.1, 0.15) is 29.7 Å². The second-order valence-corrected chi connectivity index (χ2v) is 6.81. The van der Waals surface area contributed by atoms with Gasteiger partial charge < -0.3 is 10.2 Å². The molecule has 1 aromatic heterocycles. The van der Waals surface area contributed by atoms with E-state index in [1.807, 2.05) is 37.3 Å². The van der Waals surface area contributed by atoms with Gasteiger partial charge in [0.25, 0.3) is 0 Å². The predicted octanol–water partition coefficient (Wildman–Crippen LogP) is 2.79. The van der Waals surface area contributed by atoms with Gasteiger partial charge in [-0.1, -0.05) is 18.2 Å². The second-order valence-electron chi connectivity index (χ2n) is 6.81. The lowest BCUT2D eigenvalue weighted by Gasteiger charge is -2.31. The molecule has 0 saturated carbocycles. The summed E-state index contributed by atoms with van der Waals surface area (Å²) >= 11 is 0. The first-order valence-corrected chi connectivity index (χ1v) is 9.03. The zero-order valence-electron chi connectivity index (χ0n) is 14.9. The molecular weight excluding hydrogens is 328 g/mol. The molecule has 2 aliphatic heterocycles. The van der Waals surface area contributed by atoms with Crippen molar-refractivity contribution in [3.8, 4) is 0 Å². The van der Waals surface area contributed by atoms with Gasteiger partial charge in [0.1, 0.15) is 5.82 Å². The van der Waals surface area contributed by atoms with E-state index in [-0.39, 0.29) is 11.9 Å². The first-order chi connectivity index (χ1) is 12.6. The molecular formula is C20H22N4O2. The molecule has 6 nitrogen and oxygen atoms in total. The Morgan fingerprint density at radius 3 is 2.85 bits per heavy atom. The summed E-state index contributed by atoms with van der Waals surface area (Å²) in [5, 5.41) is 2.99. The van der Waals surface area contributed by atoms with Crippen molar-refractivity contribution in [3.63, 3.8) is 0 Å². The number of urea groups is 1. The molecule has 1 fully saturated rings. The number of nitrogens with one attached hydrogen (secondary N) is 1. The van der Waals surface area contributed by atoms with E-state index < -0.39 is 0 Å². The highest BCUT2D eigenvalue weighted by molar-refractivity contribution is 5.99. The van der Waals surface area contributed by atoms with Crippen LogP contribution in [0.3, 0.4) is 0 Å². The summed E-state index contributed by atoms with van der Waals surface area (Å²) in [7, 11) is 0. The van der Waals surface area contributed by atoms with Gasteiger partial charge in [0.15, 0.2) is 0 Å². The molecule has 1 aromatic carbocycles. The molecule has 0 atom stereocenters. The molecule has 2 aliphatic rings. The van der Waals surface area contributed by atoms with Crippen LogP contribution in [0.25, 0.3) is 0 Å². The van der Waals surface area contributed by atoms with E-state index in [2.05, 4.69) is 16.4 Å². The van der Waals surface area contributed by atoms with Crippen LogP contribution in [-0.4, -0.2) is 30.0 Å². The summed E-state index contributed by atoms with van der Waals surface area (Å²) in [4.78, 5) is 32.3. The minimum atomic E-state index is -0.130. The number of hydrogen-bond acceptors (Lipinski definition) is 3. The average molecular weight is 350 g/mol. The topological polar surface area (TPSA) is 65.5 Å². The molecule has 134 valence electrons. The van der Waals surface area contributed by atoms with Crippen molar-refractivity contribution in [1.82, 2.24) is 10.3 Å². The molecule has 3 heterocycles. The third-order valence-electron chi connectivity index (χ3n) is 4.94. The van der Waals surface area contributed by atoms with Crippen molar-refractivity contribution in [2.75, 3.05) is 22.9 Å². The van der Waals surface area contributed by atoms with Crippen LogP contribution in [0.4, 0.5) is 16.3 Å². The number of amides is 3. The van der Waals surface area contributed by atoms with Crippen LogP contribution in [-0.2, 0) is 17.8 Å². The van der Waals surface area contributed by atoms with Crippen LogP contribution < -0.4 is 15.1 Å². The van der Waals surface area contributed by atoms with Gasteiger partial charge in [0, 0.05) is 37.4 Å². The van der Waals surface area contributed by atoms with Crippen molar-refractivity contribution in [1.29, 1.82) is 0 Å². The Morgan fingerprint density at radius 2 is 2.08 bits per heavy atom. The molecule has 0 bridgehead atoms. The van der Waals surface area contributed by atoms with Crippen LogP contribution in [0, 0.1) is 6.92 Å². The van der Waals surface area contributed by atoms with Crippen LogP contribution in [0.15, 0.2) is 36.4 Å². The number of fused-ring (bicyclic) bond motifs is 1. The van der Waals surface area contributed by atoms with Crippen molar-refractivity contribution in [3.05, 3.63) is 53.2 Å². The number of carbonyl (C=O) groups excluding carboxylic acids is 2. The fourth-order valence-electron chi connectivity index (χ4n) is 3.43. The smallest absolute Gasteiger partial charge is 0.323 e. The number of aromatic nitrogens is 1. The van der Waals surface area contributed by atoms with E-state index in [0.29, 0.717) is 19.5 Å². The Balaban J connectivity index is 1.44. The Morgan fingerprint density at radius 1 is 1.19 bits per heavy atom. The van der Waals surface area contributed by atoms with Crippen molar-refractivity contribution < 1.29 is 9.59 Å². The van der Waals surface area contributed by atoms with Gasteiger partial charge in [-0.15, -0.1) is 0 Å². The molecule has 1 saturated heterocycles. The van der Waals surface area contributed by atoms with Crippen molar-refractivity contribution >= 4 is 23.4 Å². The number of hydrogen-bond donors (Lipinski definition) is 1. The molecule has 0 spiro atoms. The zero-order valence-corrected chi connectivity index (χ0v) is 14.9. The van der Waals surface area contributed by atoms with Crippen molar-refractivity contribution in [2.45, 2.75) is 32.7 Å². The van der Waals surface area contributed by atoms with E-state index in [1.54, 1.807) is 9.80 Å². The Labute approximate surface area is 152 Å². The monoisotopic (exact) mass is 350 g/mol. The lowest BCUT2D eigenvalue weighted by molar-refractivity contribution is -0.122. The van der Waals surface area contributed by atoms with E-state index in [4.69, 9.17) is 0 Å². The fraction of sp³-hybridized carbons (Fsp3) is 0.350. The van der Waals surface area contributed by atoms with Crippen LogP contribution in [0.2, 0.25) is 0 Å². The predicted molar refractivity (Wildman–Crippen MR) is 100 cm³/mol. The molecule has 26 heavy (non-hydrogen) atoms. The highest BCUT2D eigenvalue weighted by Crippen LogP contribution is 2.26. The van der Waals surface area contributed by atoms with Crippen LogP contribution >= 0.6 is 0 Å². The summed E-state index contributed by atoms with van der Waals surface area (Å²) in [6, 6.07) is 11.7. The third-order valence-corrected chi connectivity index (χ3v) is 4.94. The number of β-lactam (4-membered cyclic amide) rings is 1. The number of aryl methyl sites for hydroxylation is 2. The normalized spacial score (nSPS) is 16.1. The van der Waals surface area contributed by atoms with E-state index >= 15 is 0 Å². The summed E-state index contributed by atoms with van der Waals surface area (Å²) < 4.78 is 0. The van der Waals surface area contributed by atoms with Gasteiger partial charge in [-0.05, 0) is 49.1 Å². The zero-order chi connectivity index (χ0) is 18.1. The number of pyridine rings is 1. The van der Waals surface area contributed by atoms with Crippen LogP contribution in [0.5, 0.6) is 0 Å². The molecule has 6 heteroatoms. The van der Waals surface area contributed by atoms with Gasteiger partial charge in [-0.3, -0.25) is 9.69 Å². The third kappa shape index (κ3) is 3.14. The molecule has 3 amide bonds. The second kappa shape index (κ2) is 6.78. The SMILES string of the molecule is Cc1ccc2c(n1)N(C(=O)NCc1cccc(N3CCC3=O)c1)CCC2. The first-order valence-electron chi connectivity index (χ1n) is 9.03. The number of carbonyl (C=O) groups is 2. The summed E-state index contributed by atoms with van der Waals surface area (Å²) in [5.74, 6) is 0.922. The molecule has 2 aromatic rings. The first kappa shape index (κ1) is 16.6. The van der Waals surface area contributed by atoms with Gasteiger partial charge in [0.2, 0.25) is 5.91 Å². The minimum Gasteiger partial charge on any atom is -0.334 e. The Hall–Kier alpha value is -2.89. The lowest BCUT2D eigenvalue weighted by atomic mass is 10.1. The average Bonchev–Trinajstić information content (AvgIpc) is 2.64.